The van der Waals surface area contributed by atoms with E-state index in [4.69, 9.17) is 5.73 Å². The Labute approximate surface area is 192 Å². The Balaban J connectivity index is 1.73. The molecule has 0 aromatic heterocycles. The fourth-order valence-corrected chi connectivity index (χ4v) is 6.17. The highest BCUT2D eigenvalue weighted by molar-refractivity contribution is 6.09. The summed E-state index contributed by atoms with van der Waals surface area (Å²) in [5.74, 6) is -1.17. The highest BCUT2D eigenvalue weighted by Gasteiger charge is 2.72. The van der Waals surface area contributed by atoms with E-state index in [1.807, 2.05) is 30.3 Å². The number of nitriles is 3. The molecule has 3 N–H and O–H groups in total. The maximum absolute atomic E-state index is 13.8. The van der Waals surface area contributed by atoms with Crippen LogP contribution in [0.15, 0.2) is 65.9 Å². The predicted molar refractivity (Wildman–Crippen MR) is 121 cm³/mol. The molecule has 7 heteroatoms. The molecule has 1 spiro atoms. The zero-order valence-corrected chi connectivity index (χ0v) is 18.0. The van der Waals surface area contributed by atoms with Crippen molar-refractivity contribution in [2.24, 2.45) is 23.0 Å². The van der Waals surface area contributed by atoms with Gasteiger partial charge < -0.3 is 11.1 Å². The lowest BCUT2D eigenvalue weighted by atomic mass is 9.46. The summed E-state index contributed by atoms with van der Waals surface area (Å²) in [4.78, 5) is 16.0. The lowest BCUT2D eigenvalue weighted by molar-refractivity contribution is -0.128. The number of hydrogen-bond acceptors (Lipinski definition) is 6. The highest BCUT2D eigenvalue weighted by Crippen LogP contribution is 2.62. The zero-order chi connectivity index (χ0) is 23.2. The smallest absolute Gasteiger partial charge is 0.238 e. The summed E-state index contributed by atoms with van der Waals surface area (Å²) in [6.45, 7) is 1.86. The second-order valence-electron chi connectivity index (χ2n) is 8.94. The van der Waals surface area contributed by atoms with Crippen molar-refractivity contribution in [1.82, 2.24) is 4.90 Å². The molecule has 1 saturated heterocycles. The summed E-state index contributed by atoms with van der Waals surface area (Å²) >= 11 is 0. The molecule has 162 valence electrons. The number of carbonyl (C=O) groups excluding carboxylic acids is 1. The van der Waals surface area contributed by atoms with Gasteiger partial charge in [0.25, 0.3) is 0 Å². The van der Waals surface area contributed by atoms with E-state index < -0.39 is 22.7 Å². The van der Waals surface area contributed by atoms with Crippen molar-refractivity contribution in [3.63, 3.8) is 0 Å². The number of benzene rings is 2. The summed E-state index contributed by atoms with van der Waals surface area (Å²) in [6.07, 6.45) is 0.616. The van der Waals surface area contributed by atoms with Crippen LogP contribution >= 0.6 is 0 Å². The van der Waals surface area contributed by atoms with Crippen LogP contribution in [-0.4, -0.2) is 23.9 Å². The minimum Gasteiger partial charge on any atom is -0.399 e. The predicted octanol–water partition coefficient (Wildman–Crippen LogP) is 2.80. The van der Waals surface area contributed by atoms with Crippen LogP contribution in [0, 0.1) is 51.2 Å². The van der Waals surface area contributed by atoms with Crippen LogP contribution in [0.5, 0.6) is 0 Å². The van der Waals surface area contributed by atoms with E-state index in [2.05, 4.69) is 28.4 Å². The summed E-state index contributed by atoms with van der Waals surface area (Å²) in [7, 11) is 0. The molecule has 0 saturated carbocycles. The molecule has 2 aromatic carbocycles. The second kappa shape index (κ2) is 7.48. The van der Waals surface area contributed by atoms with Gasteiger partial charge in [-0.15, -0.1) is 0 Å². The fraction of sp³-hybridized carbons (Fsp3) is 0.308. The molecule has 3 unspecified atom stereocenters. The van der Waals surface area contributed by atoms with Crippen molar-refractivity contribution in [1.29, 1.82) is 15.8 Å². The summed E-state index contributed by atoms with van der Waals surface area (Å²) in [5.41, 5.74) is 5.48. The second-order valence-corrected chi connectivity index (χ2v) is 8.94. The monoisotopic (exact) mass is 434 g/mol. The van der Waals surface area contributed by atoms with E-state index in [-0.39, 0.29) is 17.2 Å². The van der Waals surface area contributed by atoms with Gasteiger partial charge in [0.05, 0.1) is 29.5 Å². The quantitative estimate of drug-likeness (QED) is 0.747. The van der Waals surface area contributed by atoms with E-state index >= 15 is 0 Å². The Morgan fingerprint density at radius 2 is 1.76 bits per heavy atom. The number of piperidine rings is 1. The lowest BCUT2D eigenvalue weighted by Gasteiger charge is -2.54. The summed E-state index contributed by atoms with van der Waals surface area (Å²) < 4.78 is 0. The summed E-state index contributed by atoms with van der Waals surface area (Å²) in [6, 6.07) is 23.6. The number of fused-ring (bicyclic) bond motifs is 4. The number of rotatable bonds is 2. The van der Waals surface area contributed by atoms with Crippen LogP contribution in [0.3, 0.4) is 0 Å². The van der Waals surface area contributed by atoms with Crippen LogP contribution in [-0.2, 0) is 16.8 Å². The van der Waals surface area contributed by atoms with E-state index in [9.17, 15) is 20.6 Å². The molecule has 1 fully saturated rings. The fourth-order valence-electron chi connectivity index (χ4n) is 6.17. The van der Waals surface area contributed by atoms with Gasteiger partial charge in [-0.25, -0.2) is 0 Å². The maximum atomic E-state index is 13.8. The molecule has 1 amide bonds. The number of allylic oxidation sites excluding steroid dienone is 2. The van der Waals surface area contributed by atoms with Gasteiger partial charge in [-0.1, -0.05) is 48.5 Å². The molecule has 2 aliphatic heterocycles. The molecule has 3 atom stereocenters. The van der Waals surface area contributed by atoms with Gasteiger partial charge in [0, 0.05) is 30.6 Å². The van der Waals surface area contributed by atoms with Crippen molar-refractivity contribution in [2.45, 2.75) is 18.4 Å². The molecule has 0 bridgehead atoms. The van der Waals surface area contributed by atoms with Crippen LogP contribution in [0.2, 0.25) is 0 Å². The Kier molecular flexibility index (Phi) is 4.71. The number of para-hydroxylation sites is 1. The molecule has 1 aliphatic carbocycles. The van der Waals surface area contributed by atoms with Crippen molar-refractivity contribution < 1.29 is 4.79 Å². The molecule has 33 heavy (non-hydrogen) atoms. The van der Waals surface area contributed by atoms with Crippen LogP contribution in [0.25, 0.3) is 0 Å². The SMILES string of the molecule is N#CC1=C(N)C(C#N)(C#N)C2(C(=O)Nc3ccccc32)C2CN(Cc3ccccc3)CCC12. The average molecular weight is 435 g/mol. The Hall–Kier alpha value is -4.12. The Morgan fingerprint density at radius 1 is 1.06 bits per heavy atom. The van der Waals surface area contributed by atoms with Crippen LogP contribution in [0.1, 0.15) is 17.5 Å². The molecule has 3 aliphatic rings. The topological polar surface area (TPSA) is 130 Å². The third-order valence-electron chi connectivity index (χ3n) is 7.57. The molecule has 0 radical (unpaired) electrons. The van der Waals surface area contributed by atoms with Crippen molar-refractivity contribution >= 4 is 11.6 Å². The van der Waals surface area contributed by atoms with Gasteiger partial charge in [-0.2, -0.15) is 15.8 Å². The third-order valence-corrected chi connectivity index (χ3v) is 7.57. The molecule has 7 nitrogen and oxygen atoms in total. The van der Waals surface area contributed by atoms with E-state index in [0.29, 0.717) is 30.8 Å². The van der Waals surface area contributed by atoms with Gasteiger partial charge in [-0.05, 0) is 30.2 Å². The first-order chi connectivity index (χ1) is 16.0. The van der Waals surface area contributed by atoms with Crippen LogP contribution in [0.4, 0.5) is 5.69 Å². The highest BCUT2D eigenvalue weighted by atomic mass is 16.2. The minimum atomic E-state index is -1.98. The minimum absolute atomic E-state index is 0.0837. The van der Waals surface area contributed by atoms with Gasteiger partial charge >= 0.3 is 0 Å². The maximum Gasteiger partial charge on any atom is 0.238 e. The molecule has 2 aromatic rings. The number of amides is 1. The van der Waals surface area contributed by atoms with Crippen molar-refractivity contribution in [3.05, 3.63) is 77.0 Å². The number of nitrogens with one attached hydrogen (secondary N) is 1. The lowest BCUT2D eigenvalue weighted by Crippen LogP contribution is -2.65. The van der Waals surface area contributed by atoms with E-state index in [1.165, 1.54) is 0 Å². The van der Waals surface area contributed by atoms with E-state index in [1.54, 1.807) is 24.3 Å². The Morgan fingerprint density at radius 3 is 2.45 bits per heavy atom. The molecule has 5 rings (SSSR count). The van der Waals surface area contributed by atoms with E-state index in [0.717, 1.165) is 12.1 Å². The first kappa shape index (κ1) is 20.8. The van der Waals surface area contributed by atoms with Gasteiger partial charge in [0.2, 0.25) is 11.3 Å². The first-order valence-electron chi connectivity index (χ1n) is 10.9. The third kappa shape index (κ3) is 2.59. The first-order valence-corrected chi connectivity index (χ1v) is 10.9. The normalized spacial score (nSPS) is 27.6. The number of nitrogens with two attached hydrogens (primary N) is 1. The van der Waals surface area contributed by atoms with Crippen LogP contribution < -0.4 is 11.1 Å². The van der Waals surface area contributed by atoms with Crippen molar-refractivity contribution in [2.75, 3.05) is 18.4 Å². The molecule has 2 heterocycles. The average Bonchev–Trinajstić information content (AvgIpc) is 3.14. The number of likely N-dealkylation sites (tertiary alicyclic amines) is 1. The Bertz CT molecular complexity index is 1280. The largest absolute Gasteiger partial charge is 0.399 e. The number of carbonyl (C=O) groups is 1. The van der Waals surface area contributed by atoms with Gasteiger partial charge in [0.15, 0.2) is 0 Å². The standard InChI is InChI=1S/C26H22N6O/c27-12-19-18-10-11-32(13-17-6-2-1-3-7-17)14-21(18)26(25(15-28,16-29)23(19)30)20-8-4-5-9-22(20)31-24(26)33/h1-9,18,21H,10-11,13-14,30H2,(H,31,33). The number of hydrogen-bond donors (Lipinski definition) is 2. The number of anilines is 1. The molecular formula is C26H22N6O. The van der Waals surface area contributed by atoms with Gasteiger partial charge in [-0.3, -0.25) is 9.69 Å². The molecular weight excluding hydrogens is 412 g/mol. The zero-order valence-electron chi connectivity index (χ0n) is 18.0. The number of nitrogens with zero attached hydrogens (tertiary/aromatic N) is 4. The summed E-state index contributed by atoms with van der Waals surface area (Å²) in [5, 5.41) is 33.7. The van der Waals surface area contributed by atoms with Crippen molar-refractivity contribution in [3.8, 4) is 18.2 Å². The van der Waals surface area contributed by atoms with Gasteiger partial charge in [0.1, 0.15) is 5.41 Å².